The standard InChI is InChI=1S/C21H28N4O3/c1-19(2,3)28-18(27)23-17-13-8-9-14-20(4,5)16(26)12(11-22)10-21(14,6)15(13)24-25(17)7/h10,14H,8-9H2,1-7H3,(H,23,27). The van der Waals surface area contributed by atoms with Crippen LogP contribution < -0.4 is 5.32 Å². The first-order valence-corrected chi connectivity index (χ1v) is 9.55. The van der Waals surface area contributed by atoms with Crippen LogP contribution in [0.25, 0.3) is 0 Å². The smallest absolute Gasteiger partial charge is 0.413 e. The summed E-state index contributed by atoms with van der Waals surface area (Å²) in [5.74, 6) is 0.524. The second-order valence-electron chi connectivity index (χ2n) is 9.52. The van der Waals surface area contributed by atoms with Gasteiger partial charge in [0.2, 0.25) is 0 Å². The van der Waals surface area contributed by atoms with Crippen molar-refractivity contribution in [1.82, 2.24) is 9.78 Å². The lowest BCUT2D eigenvalue weighted by Gasteiger charge is -2.49. The van der Waals surface area contributed by atoms with Gasteiger partial charge in [0.15, 0.2) is 5.78 Å². The number of ketones is 1. The number of anilines is 1. The third-order valence-corrected chi connectivity index (χ3v) is 5.95. The van der Waals surface area contributed by atoms with Crippen LogP contribution in [-0.2, 0) is 28.4 Å². The molecule has 7 nitrogen and oxygen atoms in total. The fourth-order valence-electron chi connectivity index (χ4n) is 4.78. The first-order valence-electron chi connectivity index (χ1n) is 9.55. The lowest BCUT2D eigenvalue weighted by Crippen LogP contribution is -2.51. The number of Topliss-reactive ketones (excluding diaryl/α,β-unsaturated/α-hetero) is 1. The minimum atomic E-state index is -0.650. The summed E-state index contributed by atoms with van der Waals surface area (Å²) in [6.45, 7) is 11.3. The SMILES string of the molecule is Cn1nc2c(c1NC(=O)OC(C)(C)C)CCC1C(C)(C)C(=O)C(C#N)=CC21C. The monoisotopic (exact) mass is 384 g/mol. The molecule has 1 aromatic rings. The summed E-state index contributed by atoms with van der Waals surface area (Å²) in [5, 5.41) is 17.0. The zero-order valence-corrected chi connectivity index (χ0v) is 17.6. The minimum absolute atomic E-state index is 0.0291. The fourth-order valence-corrected chi connectivity index (χ4v) is 4.78. The molecule has 1 N–H and O–H groups in total. The summed E-state index contributed by atoms with van der Waals surface area (Å²) >= 11 is 0. The molecular weight excluding hydrogens is 356 g/mol. The van der Waals surface area contributed by atoms with Crippen LogP contribution in [0.5, 0.6) is 0 Å². The maximum absolute atomic E-state index is 12.7. The Morgan fingerprint density at radius 1 is 1.39 bits per heavy atom. The van der Waals surface area contributed by atoms with Gasteiger partial charge in [-0.25, -0.2) is 4.79 Å². The Balaban J connectivity index is 2.07. The zero-order chi connectivity index (χ0) is 21.1. The highest BCUT2D eigenvalue weighted by Gasteiger charge is 2.55. The molecule has 0 aromatic carbocycles. The first-order chi connectivity index (χ1) is 12.8. The number of amides is 1. The normalized spacial score (nSPS) is 25.9. The van der Waals surface area contributed by atoms with E-state index in [2.05, 4.69) is 11.4 Å². The summed E-state index contributed by atoms with van der Waals surface area (Å²) in [5.41, 5.74) is 0.128. The van der Waals surface area contributed by atoms with Crippen molar-refractivity contribution < 1.29 is 14.3 Å². The van der Waals surface area contributed by atoms with E-state index in [0.29, 0.717) is 12.2 Å². The van der Waals surface area contributed by atoms with Gasteiger partial charge in [0, 0.05) is 23.4 Å². The Morgan fingerprint density at radius 3 is 2.61 bits per heavy atom. The molecular formula is C21H28N4O3. The van der Waals surface area contributed by atoms with Crippen LogP contribution in [-0.4, -0.2) is 27.3 Å². The number of fused-ring (bicyclic) bond motifs is 3. The highest BCUT2D eigenvalue weighted by Crippen LogP contribution is 2.55. The molecule has 1 amide bonds. The van der Waals surface area contributed by atoms with Crippen molar-refractivity contribution in [2.75, 3.05) is 5.32 Å². The van der Waals surface area contributed by atoms with Gasteiger partial charge in [-0.3, -0.25) is 14.8 Å². The molecule has 150 valence electrons. The highest BCUT2D eigenvalue weighted by atomic mass is 16.6. The second-order valence-corrected chi connectivity index (χ2v) is 9.52. The van der Waals surface area contributed by atoms with Crippen molar-refractivity contribution >= 4 is 17.7 Å². The van der Waals surface area contributed by atoms with E-state index in [1.54, 1.807) is 17.8 Å². The summed E-state index contributed by atoms with van der Waals surface area (Å²) in [6, 6.07) is 2.06. The molecule has 2 atom stereocenters. The summed E-state index contributed by atoms with van der Waals surface area (Å²) in [6.07, 6.45) is 2.71. The molecule has 0 saturated heterocycles. The molecule has 28 heavy (non-hydrogen) atoms. The van der Waals surface area contributed by atoms with Crippen molar-refractivity contribution in [3.8, 4) is 6.07 Å². The molecule has 2 unspecified atom stereocenters. The van der Waals surface area contributed by atoms with E-state index in [0.717, 1.165) is 17.7 Å². The average Bonchev–Trinajstić information content (AvgIpc) is 2.87. The zero-order valence-electron chi connectivity index (χ0n) is 17.6. The average molecular weight is 384 g/mol. The van der Waals surface area contributed by atoms with E-state index in [4.69, 9.17) is 9.84 Å². The van der Waals surface area contributed by atoms with Gasteiger partial charge in [-0.2, -0.15) is 10.4 Å². The number of allylic oxidation sites excluding steroid dienone is 2. The van der Waals surface area contributed by atoms with Gasteiger partial charge >= 0.3 is 6.09 Å². The molecule has 0 spiro atoms. The van der Waals surface area contributed by atoms with Crippen LogP contribution in [0.15, 0.2) is 11.6 Å². The van der Waals surface area contributed by atoms with Crippen LogP contribution in [0.4, 0.5) is 10.6 Å². The Morgan fingerprint density at radius 2 is 2.04 bits per heavy atom. The predicted octanol–water partition coefficient (Wildman–Crippen LogP) is 3.65. The van der Waals surface area contributed by atoms with Gasteiger partial charge in [0.1, 0.15) is 17.5 Å². The topological polar surface area (TPSA) is 97.0 Å². The minimum Gasteiger partial charge on any atom is -0.444 e. The van der Waals surface area contributed by atoms with E-state index < -0.39 is 22.5 Å². The molecule has 1 heterocycles. The molecule has 1 aromatic heterocycles. The Hall–Kier alpha value is -2.62. The number of nitrogens with zero attached hydrogens (tertiary/aromatic N) is 3. The number of nitrogens with one attached hydrogen (secondary N) is 1. The summed E-state index contributed by atoms with van der Waals surface area (Å²) in [4.78, 5) is 25.0. The Kier molecular flexibility index (Phi) is 4.45. The predicted molar refractivity (Wildman–Crippen MR) is 105 cm³/mol. The summed E-state index contributed by atoms with van der Waals surface area (Å²) in [7, 11) is 1.78. The molecule has 2 aliphatic carbocycles. The van der Waals surface area contributed by atoms with E-state index in [-0.39, 0.29) is 17.3 Å². The van der Waals surface area contributed by atoms with Gasteiger partial charge in [0.25, 0.3) is 0 Å². The van der Waals surface area contributed by atoms with Gasteiger partial charge in [-0.15, -0.1) is 0 Å². The van der Waals surface area contributed by atoms with Gasteiger partial charge < -0.3 is 4.74 Å². The van der Waals surface area contributed by atoms with Crippen molar-refractivity contribution in [2.45, 2.75) is 65.4 Å². The maximum Gasteiger partial charge on any atom is 0.413 e. The van der Waals surface area contributed by atoms with Crippen LogP contribution >= 0.6 is 0 Å². The first kappa shape index (κ1) is 20.1. The molecule has 2 aliphatic rings. The number of ether oxygens (including phenoxy) is 1. The number of aromatic nitrogens is 2. The van der Waals surface area contributed by atoms with Crippen LogP contribution in [0, 0.1) is 22.7 Å². The quantitative estimate of drug-likeness (QED) is 0.797. The lowest BCUT2D eigenvalue weighted by molar-refractivity contribution is -0.128. The molecule has 0 saturated carbocycles. The number of nitriles is 1. The van der Waals surface area contributed by atoms with Crippen molar-refractivity contribution in [2.24, 2.45) is 18.4 Å². The molecule has 0 aliphatic heterocycles. The van der Waals surface area contributed by atoms with Crippen molar-refractivity contribution in [3.05, 3.63) is 22.9 Å². The van der Waals surface area contributed by atoms with E-state index >= 15 is 0 Å². The maximum atomic E-state index is 12.7. The fraction of sp³-hybridized carbons (Fsp3) is 0.619. The van der Waals surface area contributed by atoms with Crippen molar-refractivity contribution in [3.63, 3.8) is 0 Å². The Bertz CT molecular complexity index is 927. The van der Waals surface area contributed by atoms with Crippen LogP contribution in [0.1, 0.15) is 59.2 Å². The largest absolute Gasteiger partial charge is 0.444 e. The summed E-state index contributed by atoms with van der Waals surface area (Å²) < 4.78 is 7.02. The number of carbonyl (C=O) groups excluding carboxylic acids is 2. The van der Waals surface area contributed by atoms with Gasteiger partial charge in [-0.05, 0) is 39.5 Å². The van der Waals surface area contributed by atoms with Crippen molar-refractivity contribution in [1.29, 1.82) is 5.26 Å². The van der Waals surface area contributed by atoms with Crippen LogP contribution in [0.3, 0.4) is 0 Å². The lowest BCUT2D eigenvalue weighted by atomic mass is 9.52. The van der Waals surface area contributed by atoms with E-state index in [1.807, 2.05) is 41.5 Å². The molecule has 3 rings (SSSR count). The molecule has 0 bridgehead atoms. The molecule has 0 radical (unpaired) electrons. The third-order valence-electron chi connectivity index (χ3n) is 5.95. The number of hydrogen-bond donors (Lipinski definition) is 1. The second kappa shape index (κ2) is 6.20. The number of hydrogen-bond acceptors (Lipinski definition) is 5. The van der Waals surface area contributed by atoms with Gasteiger partial charge in [0.05, 0.1) is 11.3 Å². The third kappa shape index (κ3) is 3.01. The number of carbonyl (C=O) groups is 2. The van der Waals surface area contributed by atoms with E-state index in [9.17, 15) is 14.9 Å². The highest BCUT2D eigenvalue weighted by molar-refractivity contribution is 6.04. The van der Waals surface area contributed by atoms with Crippen LogP contribution in [0.2, 0.25) is 0 Å². The van der Waals surface area contributed by atoms with E-state index in [1.165, 1.54) is 0 Å². The molecule has 7 heteroatoms. The Labute approximate surface area is 165 Å². The number of rotatable bonds is 1. The molecule has 0 fully saturated rings. The number of aryl methyl sites for hydroxylation is 1. The van der Waals surface area contributed by atoms with Gasteiger partial charge in [-0.1, -0.05) is 26.8 Å².